The fourth-order valence-corrected chi connectivity index (χ4v) is 4.72. The molecule has 122 valence electrons. The summed E-state index contributed by atoms with van der Waals surface area (Å²) in [5.74, 6) is 0.628. The molecule has 1 aliphatic heterocycles. The molecule has 0 spiro atoms. The number of nitrogens with one attached hydrogen (secondary N) is 2. The number of sulfone groups is 1. The van der Waals surface area contributed by atoms with Crippen molar-refractivity contribution in [3.8, 4) is 0 Å². The summed E-state index contributed by atoms with van der Waals surface area (Å²) in [6.07, 6.45) is 3.51. The summed E-state index contributed by atoms with van der Waals surface area (Å²) in [4.78, 5) is 11.9. The fourth-order valence-electron chi connectivity index (χ4n) is 3.09. The Kier molecular flexibility index (Phi) is 4.57. The highest BCUT2D eigenvalue weighted by Gasteiger charge is 2.41. The van der Waals surface area contributed by atoms with Gasteiger partial charge in [-0.05, 0) is 43.9 Å². The zero-order chi connectivity index (χ0) is 15.8. The lowest BCUT2D eigenvalue weighted by atomic mass is 9.89. The molecular formula is C15H28N2O3S. The lowest BCUT2D eigenvalue weighted by Crippen LogP contribution is -2.49. The molecule has 2 unspecified atom stereocenters. The smallest absolute Gasteiger partial charge is 0.315 e. The number of hydrogen-bond donors (Lipinski definition) is 2. The van der Waals surface area contributed by atoms with Crippen molar-refractivity contribution in [3.63, 3.8) is 0 Å². The Bertz CT molecular complexity index is 496. The van der Waals surface area contributed by atoms with Gasteiger partial charge in [-0.2, -0.15) is 0 Å². The van der Waals surface area contributed by atoms with E-state index in [1.807, 2.05) is 0 Å². The second kappa shape index (κ2) is 5.78. The topological polar surface area (TPSA) is 75.3 Å². The van der Waals surface area contributed by atoms with Gasteiger partial charge in [-0.3, -0.25) is 0 Å². The van der Waals surface area contributed by atoms with E-state index in [2.05, 4.69) is 31.4 Å². The van der Waals surface area contributed by atoms with Crippen LogP contribution in [0.3, 0.4) is 0 Å². The number of urea groups is 1. The minimum Gasteiger partial charge on any atom is -0.335 e. The molecule has 0 bridgehead atoms. The van der Waals surface area contributed by atoms with Crippen molar-refractivity contribution in [1.29, 1.82) is 0 Å². The normalized spacial score (nSPS) is 35.0. The molecule has 0 aromatic heterocycles. The van der Waals surface area contributed by atoms with Crippen molar-refractivity contribution in [2.75, 3.05) is 5.75 Å². The van der Waals surface area contributed by atoms with Crippen molar-refractivity contribution in [1.82, 2.24) is 10.6 Å². The molecule has 0 radical (unpaired) electrons. The zero-order valence-corrected chi connectivity index (χ0v) is 14.3. The van der Waals surface area contributed by atoms with E-state index in [4.69, 9.17) is 0 Å². The molecule has 1 aliphatic carbocycles. The van der Waals surface area contributed by atoms with Gasteiger partial charge in [-0.1, -0.05) is 20.8 Å². The Morgan fingerprint density at radius 1 is 1.19 bits per heavy atom. The highest BCUT2D eigenvalue weighted by molar-refractivity contribution is 7.92. The van der Waals surface area contributed by atoms with Gasteiger partial charge in [0.2, 0.25) is 0 Å². The largest absolute Gasteiger partial charge is 0.335 e. The van der Waals surface area contributed by atoms with Crippen LogP contribution in [-0.2, 0) is 9.84 Å². The van der Waals surface area contributed by atoms with Gasteiger partial charge >= 0.3 is 6.03 Å². The first-order valence-electron chi connectivity index (χ1n) is 7.85. The number of amides is 2. The standard InChI is InChI=1S/C15H28N2O3S/c1-10-5-6-12(9-21(10,19)20)16-14(18)17-13-7-11(13)8-15(2,3)4/h10-13H,5-9H2,1-4H3,(H2,16,17,18)/t10?,11-,12?,13+/m0/s1. The number of hydrogen-bond acceptors (Lipinski definition) is 3. The molecule has 4 atom stereocenters. The van der Waals surface area contributed by atoms with Gasteiger partial charge in [0.25, 0.3) is 0 Å². The van der Waals surface area contributed by atoms with Crippen molar-refractivity contribution in [3.05, 3.63) is 0 Å². The van der Waals surface area contributed by atoms with Gasteiger partial charge in [0.05, 0.1) is 11.0 Å². The van der Waals surface area contributed by atoms with E-state index < -0.39 is 9.84 Å². The van der Waals surface area contributed by atoms with Crippen LogP contribution in [0.25, 0.3) is 0 Å². The lowest BCUT2D eigenvalue weighted by molar-refractivity contribution is 0.235. The van der Waals surface area contributed by atoms with E-state index in [0.717, 1.165) is 19.3 Å². The zero-order valence-electron chi connectivity index (χ0n) is 13.5. The molecule has 0 aromatic rings. The lowest BCUT2D eigenvalue weighted by Gasteiger charge is -2.27. The van der Waals surface area contributed by atoms with Gasteiger partial charge in [0, 0.05) is 12.1 Å². The Morgan fingerprint density at radius 3 is 2.43 bits per heavy atom. The molecule has 1 saturated heterocycles. The third-order valence-corrected chi connectivity index (χ3v) is 6.75. The summed E-state index contributed by atoms with van der Waals surface area (Å²) >= 11 is 0. The molecule has 2 aliphatic rings. The molecule has 1 heterocycles. The van der Waals surface area contributed by atoms with Gasteiger partial charge in [0.15, 0.2) is 9.84 Å². The average Bonchev–Trinajstić information content (AvgIpc) is 2.98. The summed E-state index contributed by atoms with van der Waals surface area (Å²) in [7, 11) is -3.05. The van der Waals surface area contributed by atoms with E-state index in [-0.39, 0.29) is 34.5 Å². The number of carbonyl (C=O) groups excluding carboxylic acids is 1. The van der Waals surface area contributed by atoms with Crippen LogP contribution in [0.15, 0.2) is 0 Å². The van der Waals surface area contributed by atoms with Crippen LogP contribution in [0.4, 0.5) is 4.79 Å². The molecule has 2 rings (SSSR count). The van der Waals surface area contributed by atoms with Crippen LogP contribution in [0.5, 0.6) is 0 Å². The van der Waals surface area contributed by atoms with E-state index in [0.29, 0.717) is 12.3 Å². The summed E-state index contributed by atoms with van der Waals surface area (Å²) in [5, 5.41) is 5.51. The molecule has 2 amide bonds. The molecule has 1 saturated carbocycles. The molecule has 21 heavy (non-hydrogen) atoms. The van der Waals surface area contributed by atoms with Gasteiger partial charge < -0.3 is 10.6 Å². The summed E-state index contributed by atoms with van der Waals surface area (Å²) in [6, 6.07) is -0.208. The van der Waals surface area contributed by atoms with Crippen molar-refractivity contribution >= 4 is 15.9 Å². The second-order valence-corrected chi connectivity index (χ2v) is 10.4. The molecular weight excluding hydrogens is 288 g/mol. The van der Waals surface area contributed by atoms with Crippen LogP contribution in [0.1, 0.15) is 53.4 Å². The van der Waals surface area contributed by atoms with Crippen molar-refractivity contribution in [2.45, 2.75) is 70.7 Å². The van der Waals surface area contributed by atoms with E-state index in [1.165, 1.54) is 0 Å². The minimum absolute atomic E-state index is 0.0671. The molecule has 2 N–H and O–H groups in total. The maximum absolute atomic E-state index is 11.9. The van der Waals surface area contributed by atoms with Gasteiger partial charge in [-0.25, -0.2) is 13.2 Å². The molecule has 0 aromatic carbocycles. The summed E-state index contributed by atoms with van der Waals surface area (Å²) in [6.45, 7) is 8.36. The van der Waals surface area contributed by atoms with E-state index in [1.54, 1.807) is 6.92 Å². The SMILES string of the molecule is CC1CCC(NC(=O)N[C@@H]2C[C@H]2CC(C)(C)C)CS1(=O)=O. The molecule has 6 heteroatoms. The second-order valence-electron chi connectivity index (χ2n) is 7.90. The number of carbonyl (C=O) groups is 1. The Labute approximate surface area is 128 Å². The third-order valence-electron chi connectivity index (χ3n) is 4.42. The van der Waals surface area contributed by atoms with Gasteiger partial charge in [-0.15, -0.1) is 0 Å². The summed E-state index contributed by atoms with van der Waals surface area (Å²) in [5.41, 5.74) is 0.283. The molecule has 2 fully saturated rings. The van der Waals surface area contributed by atoms with Gasteiger partial charge in [0.1, 0.15) is 0 Å². The maximum atomic E-state index is 11.9. The monoisotopic (exact) mass is 316 g/mol. The van der Waals surface area contributed by atoms with Crippen LogP contribution in [0, 0.1) is 11.3 Å². The van der Waals surface area contributed by atoms with E-state index >= 15 is 0 Å². The first kappa shape index (κ1) is 16.6. The Morgan fingerprint density at radius 2 is 1.86 bits per heavy atom. The van der Waals surface area contributed by atoms with Crippen LogP contribution >= 0.6 is 0 Å². The van der Waals surface area contributed by atoms with E-state index in [9.17, 15) is 13.2 Å². The first-order valence-corrected chi connectivity index (χ1v) is 9.57. The Balaban J connectivity index is 1.74. The molecule has 5 nitrogen and oxygen atoms in total. The quantitative estimate of drug-likeness (QED) is 0.837. The minimum atomic E-state index is -3.05. The third kappa shape index (κ3) is 4.87. The highest BCUT2D eigenvalue weighted by atomic mass is 32.2. The van der Waals surface area contributed by atoms with Crippen LogP contribution in [-0.4, -0.2) is 37.5 Å². The predicted octanol–water partition coefficient (Wildman–Crippen LogP) is 2.08. The predicted molar refractivity (Wildman–Crippen MR) is 83.9 cm³/mol. The average molecular weight is 316 g/mol. The van der Waals surface area contributed by atoms with Crippen molar-refractivity contribution < 1.29 is 13.2 Å². The fraction of sp³-hybridized carbons (Fsp3) is 0.933. The summed E-state index contributed by atoms with van der Waals surface area (Å²) < 4.78 is 23.7. The maximum Gasteiger partial charge on any atom is 0.315 e. The van der Waals surface area contributed by atoms with Crippen molar-refractivity contribution in [2.24, 2.45) is 11.3 Å². The van der Waals surface area contributed by atoms with Crippen LogP contribution in [0.2, 0.25) is 0 Å². The highest BCUT2D eigenvalue weighted by Crippen LogP contribution is 2.40. The van der Waals surface area contributed by atoms with Crippen LogP contribution < -0.4 is 10.6 Å². The number of rotatable bonds is 3. The first-order chi connectivity index (χ1) is 9.57. The Hall–Kier alpha value is -0.780.